The lowest BCUT2D eigenvalue weighted by atomic mass is 9.77. The number of aryl methyl sites for hydroxylation is 1. The number of anilines is 1. The number of aromatic nitrogens is 3. The number of β-amino-alcohol motifs (C(OH)–C–C–N with tert-alkyl or cyclic N) is 1. The first-order valence-corrected chi connectivity index (χ1v) is 29.4. The number of carbonyl (C=O) groups excluding carboxylic acids is 3. The third-order valence-electron chi connectivity index (χ3n) is 13.3. The number of amides is 3. The van der Waals surface area contributed by atoms with Crippen LogP contribution in [-0.4, -0.2) is 141 Å². The van der Waals surface area contributed by atoms with Gasteiger partial charge in [0, 0.05) is 62.7 Å². The first-order chi connectivity index (χ1) is 37.4. The predicted octanol–water partition coefficient (Wildman–Crippen LogP) is 7.59. The number of thiazole rings is 1. The van der Waals surface area contributed by atoms with Gasteiger partial charge in [-0.15, -0.1) is 11.3 Å². The Hall–Kier alpha value is -6.25. The van der Waals surface area contributed by atoms with Crippen LogP contribution in [0.15, 0.2) is 78.6 Å². The van der Waals surface area contributed by atoms with E-state index in [4.69, 9.17) is 30.5 Å². The zero-order valence-corrected chi connectivity index (χ0v) is 48.9. The highest BCUT2D eigenvalue weighted by Gasteiger charge is 2.45. The number of hydrogen-bond acceptors (Lipinski definition) is 16. The van der Waals surface area contributed by atoms with Gasteiger partial charge in [0.25, 0.3) is 0 Å². The first-order valence-electron chi connectivity index (χ1n) is 26.2. The summed E-state index contributed by atoms with van der Waals surface area (Å²) in [6, 6.07) is 19.2. The summed E-state index contributed by atoms with van der Waals surface area (Å²) in [5.41, 5.74) is 6.26. The Morgan fingerprint density at radius 3 is 2.20 bits per heavy atom. The number of carbonyl (C=O) groups is 3. The lowest BCUT2D eigenvalue weighted by molar-refractivity contribution is -0.144. The van der Waals surface area contributed by atoms with Crippen molar-refractivity contribution in [2.24, 2.45) is 5.41 Å². The number of halogens is 1. The maximum Gasteiger partial charge on any atom is 0.246 e. The molecule has 3 aromatic carbocycles. The molecule has 426 valence electrons. The lowest BCUT2D eigenvalue weighted by Crippen LogP contribution is -2.58. The van der Waals surface area contributed by atoms with Crippen LogP contribution in [0.4, 0.5) is 5.95 Å². The van der Waals surface area contributed by atoms with Crippen LogP contribution in [0, 0.1) is 23.7 Å². The van der Waals surface area contributed by atoms with Gasteiger partial charge in [-0.1, -0.05) is 82.6 Å². The fourth-order valence-electron chi connectivity index (χ4n) is 8.96. The topological polar surface area (TPSA) is 248 Å². The molecule has 0 spiro atoms. The van der Waals surface area contributed by atoms with Gasteiger partial charge in [-0.3, -0.25) is 19.1 Å². The summed E-state index contributed by atoms with van der Waals surface area (Å²) in [6.45, 7) is 13.5. The zero-order chi connectivity index (χ0) is 57.5. The van der Waals surface area contributed by atoms with Crippen molar-refractivity contribution in [1.82, 2.24) is 35.4 Å². The number of likely N-dealkylation sites (N-methyl/N-ethyl adjacent to an activating group) is 1. The second-order valence-electron chi connectivity index (χ2n) is 21.6. The molecule has 1 saturated heterocycles. The highest BCUT2D eigenvalue weighted by Crippen LogP contribution is 2.39. The average Bonchev–Trinajstić information content (AvgIpc) is 4.12. The molecule has 5 aromatic rings. The number of nitrogens with zero attached hydrogens (tertiary/aromatic N) is 6. The molecule has 0 saturated carbocycles. The molecule has 3 amide bonds. The number of ether oxygens (including phenoxy) is 4. The number of unbranched alkanes of at least 4 members (excludes halogenated alkanes) is 2. The fraction of sp³-hybridized carbons (Fsp3) is 0.491. The minimum absolute atomic E-state index is 0.0194. The van der Waals surface area contributed by atoms with Crippen LogP contribution in [0.1, 0.15) is 106 Å². The van der Waals surface area contributed by atoms with Crippen LogP contribution >= 0.6 is 22.9 Å². The van der Waals surface area contributed by atoms with Crippen LogP contribution in [0.3, 0.4) is 0 Å². The SMILES string of the molecule is Cc1ncsc1-c1ccc([C@H](CN(C)C)NC(=O)[C@@H]2C[C@@H](O)CN2C(=O)[C@@H](NC(=O)COCCCOCCCCCOc2c(Cl)cc(C(C)(C)c3ccc(OCc4cnc(NS(C)(=O)=O)nc4)cc3)cc2C#N)C(C)(C)C)cc1. The summed E-state index contributed by atoms with van der Waals surface area (Å²) in [5.74, 6) is -0.367. The first kappa shape index (κ1) is 62.0. The lowest BCUT2D eigenvalue weighted by Gasteiger charge is -2.35. The Balaban J connectivity index is 0.876. The second-order valence-corrected chi connectivity index (χ2v) is 24.6. The van der Waals surface area contributed by atoms with Gasteiger partial charge >= 0.3 is 0 Å². The van der Waals surface area contributed by atoms with Crippen molar-refractivity contribution < 1.29 is 46.9 Å². The van der Waals surface area contributed by atoms with Gasteiger partial charge < -0.3 is 44.5 Å². The maximum atomic E-state index is 14.2. The van der Waals surface area contributed by atoms with Crippen LogP contribution in [-0.2, 0) is 45.9 Å². The monoisotopic (exact) mass is 1140 g/mol. The quantitative estimate of drug-likeness (QED) is 0.0352. The Bertz CT molecular complexity index is 2980. The van der Waals surface area contributed by atoms with E-state index in [-0.39, 0.29) is 44.6 Å². The van der Waals surface area contributed by atoms with E-state index in [1.165, 1.54) is 17.3 Å². The molecule has 4 N–H and O–H groups in total. The Morgan fingerprint density at radius 1 is 0.899 bits per heavy atom. The molecule has 1 aliphatic rings. The minimum Gasteiger partial charge on any atom is -0.491 e. The van der Waals surface area contributed by atoms with E-state index in [9.17, 15) is 33.2 Å². The number of nitrogens with one attached hydrogen (secondary N) is 3. The third kappa shape index (κ3) is 18.1. The molecule has 0 unspecified atom stereocenters. The van der Waals surface area contributed by atoms with Crippen molar-refractivity contribution in [3.63, 3.8) is 0 Å². The molecule has 6 rings (SSSR count). The smallest absolute Gasteiger partial charge is 0.246 e. The Labute approximate surface area is 473 Å². The number of likely N-dealkylation sites (tertiary alicyclic amines) is 1. The molecule has 0 bridgehead atoms. The molecule has 1 aliphatic heterocycles. The van der Waals surface area contributed by atoms with Gasteiger partial charge in [-0.25, -0.2) is 23.4 Å². The number of benzene rings is 3. The summed E-state index contributed by atoms with van der Waals surface area (Å²) < 4.78 is 48.4. The van der Waals surface area contributed by atoms with E-state index < -0.39 is 56.9 Å². The number of nitriles is 1. The zero-order valence-electron chi connectivity index (χ0n) is 46.5. The minimum atomic E-state index is -3.48. The van der Waals surface area contributed by atoms with Crippen LogP contribution < -0.4 is 24.8 Å². The summed E-state index contributed by atoms with van der Waals surface area (Å²) in [6.07, 6.45) is 6.04. The van der Waals surface area contributed by atoms with E-state index in [1.807, 2.05) is 121 Å². The number of rotatable bonds is 28. The van der Waals surface area contributed by atoms with Gasteiger partial charge in [0.05, 0.1) is 51.7 Å². The normalized spacial score (nSPS) is 15.6. The van der Waals surface area contributed by atoms with E-state index in [0.717, 1.165) is 51.9 Å². The molecule has 19 nitrogen and oxygen atoms in total. The van der Waals surface area contributed by atoms with Crippen molar-refractivity contribution in [2.45, 2.75) is 110 Å². The molecule has 79 heavy (non-hydrogen) atoms. The molecular weight excluding hydrogens is 1070 g/mol. The Kier molecular flexibility index (Phi) is 22.2. The second kappa shape index (κ2) is 28.3. The van der Waals surface area contributed by atoms with Gasteiger partial charge in [0.1, 0.15) is 37.1 Å². The van der Waals surface area contributed by atoms with Crippen molar-refractivity contribution in [1.29, 1.82) is 5.26 Å². The highest BCUT2D eigenvalue weighted by molar-refractivity contribution is 7.92. The van der Waals surface area contributed by atoms with Gasteiger partial charge in [0.15, 0.2) is 5.75 Å². The van der Waals surface area contributed by atoms with E-state index in [2.05, 4.69) is 36.4 Å². The van der Waals surface area contributed by atoms with Gasteiger partial charge in [-0.05, 0) is 98.6 Å². The number of aliphatic hydroxyl groups is 1. The fourth-order valence-corrected chi connectivity index (χ4v) is 10.5. The maximum absolute atomic E-state index is 14.2. The van der Waals surface area contributed by atoms with Gasteiger partial charge in [-0.2, -0.15) is 5.26 Å². The highest BCUT2D eigenvalue weighted by atomic mass is 35.5. The molecule has 3 heterocycles. The summed E-state index contributed by atoms with van der Waals surface area (Å²) >= 11 is 8.31. The summed E-state index contributed by atoms with van der Waals surface area (Å²) in [4.78, 5) is 58.3. The summed E-state index contributed by atoms with van der Waals surface area (Å²) in [7, 11) is 0.363. The van der Waals surface area contributed by atoms with Crippen LogP contribution in [0.2, 0.25) is 5.02 Å². The van der Waals surface area contributed by atoms with Crippen molar-refractivity contribution in [3.8, 4) is 28.0 Å². The van der Waals surface area contributed by atoms with E-state index in [0.29, 0.717) is 66.9 Å². The summed E-state index contributed by atoms with van der Waals surface area (Å²) in [5, 5.41) is 27.2. The molecular formula is C57H74ClN9O10S2. The van der Waals surface area contributed by atoms with Crippen molar-refractivity contribution in [3.05, 3.63) is 117 Å². The van der Waals surface area contributed by atoms with Crippen LogP contribution in [0.5, 0.6) is 11.5 Å². The molecule has 1 fully saturated rings. The number of hydrogen-bond donors (Lipinski definition) is 4. The van der Waals surface area contributed by atoms with Crippen LogP contribution in [0.25, 0.3) is 10.4 Å². The van der Waals surface area contributed by atoms with E-state index >= 15 is 0 Å². The number of sulfonamides is 1. The van der Waals surface area contributed by atoms with E-state index in [1.54, 1.807) is 17.4 Å². The third-order valence-corrected chi connectivity index (χ3v) is 15.1. The van der Waals surface area contributed by atoms with Gasteiger partial charge in [0.2, 0.25) is 33.7 Å². The molecule has 4 atom stereocenters. The molecule has 22 heteroatoms. The van der Waals surface area contributed by atoms with Crippen molar-refractivity contribution in [2.75, 3.05) is 71.2 Å². The predicted molar refractivity (Wildman–Crippen MR) is 304 cm³/mol. The number of aliphatic hydroxyl groups excluding tert-OH is 1. The molecule has 0 aliphatic carbocycles. The molecule has 2 aromatic heterocycles. The standard InChI is InChI=1S/C57H74ClN9O10S2/c1-37-51(78-36-62-37)40-16-14-39(15-17-40)47(33-66(7)8)63-53(70)48-28-44(68)32-67(48)54(71)52(56(2,3)4)64-49(69)35-75-24-13-23-74-22-11-10-12-25-76-50-41(29-59)26-43(27-46(50)58)57(5,6)42-18-20-45(21-19-42)77-34-38-30-60-55(61-31-38)65-79(9,72)73/h14-21,26-27,30-31,36,44,47-48,52,68H,10-13,22-25,28,32-35H2,1-9H3,(H,63,70)(H,64,69)(H,60,61,65)/t44-,47+,48+,52-/m1/s1. The molecule has 0 radical (unpaired) electrons. The average molecular weight is 1140 g/mol. The Morgan fingerprint density at radius 2 is 1.57 bits per heavy atom. The van der Waals surface area contributed by atoms with Crippen molar-refractivity contribution >= 4 is 56.6 Å². The largest absolute Gasteiger partial charge is 0.491 e.